The minimum absolute atomic E-state index is 0.175. The van der Waals surface area contributed by atoms with Crippen LogP contribution in [-0.4, -0.2) is 22.4 Å². The Balaban J connectivity index is 2.14. The van der Waals surface area contributed by atoms with Crippen molar-refractivity contribution < 1.29 is 0 Å². The summed E-state index contributed by atoms with van der Waals surface area (Å²) in [5.74, 6) is 0. The van der Waals surface area contributed by atoms with Crippen LogP contribution in [0.1, 0.15) is 58.6 Å². The van der Waals surface area contributed by atoms with Gasteiger partial charge in [-0.2, -0.15) is 5.10 Å². The quantitative estimate of drug-likeness (QED) is 0.861. The first-order chi connectivity index (χ1) is 9.10. The predicted molar refractivity (Wildman–Crippen MR) is 80.8 cm³/mol. The van der Waals surface area contributed by atoms with Gasteiger partial charge in [0.25, 0.3) is 0 Å². The van der Waals surface area contributed by atoms with Crippen molar-refractivity contribution in [3.63, 3.8) is 0 Å². The molecule has 1 aliphatic rings. The topological polar surface area (TPSA) is 29.9 Å². The van der Waals surface area contributed by atoms with Crippen LogP contribution in [0, 0.1) is 0 Å². The van der Waals surface area contributed by atoms with Crippen molar-refractivity contribution >= 4 is 11.6 Å². The number of nitrogens with one attached hydrogen (secondary N) is 1. The van der Waals surface area contributed by atoms with Crippen LogP contribution < -0.4 is 5.32 Å². The highest BCUT2D eigenvalue weighted by atomic mass is 35.5. The molecule has 19 heavy (non-hydrogen) atoms. The molecule has 0 radical (unpaired) electrons. The van der Waals surface area contributed by atoms with Crippen molar-refractivity contribution in [1.82, 2.24) is 15.1 Å². The minimum Gasteiger partial charge on any atom is -0.314 e. The highest BCUT2D eigenvalue weighted by molar-refractivity contribution is 6.31. The van der Waals surface area contributed by atoms with Crippen molar-refractivity contribution in [3.8, 4) is 0 Å². The van der Waals surface area contributed by atoms with Crippen LogP contribution >= 0.6 is 11.6 Å². The molecule has 1 fully saturated rings. The van der Waals surface area contributed by atoms with Crippen LogP contribution in [0.15, 0.2) is 6.20 Å². The van der Waals surface area contributed by atoms with Crippen LogP contribution in [0.3, 0.4) is 0 Å². The van der Waals surface area contributed by atoms with E-state index in [1.165, 1.54) is 31.4 Å². The van der Waals surface area contributed by atoms with Crippen molar-refractivity contribution in [1.29, 1.82) is 0 Å². The summed E-state index contributed by atoms with van der Waals surface area (Å²) in [5.41, 5.74) is 1.42. The molecular weight excluding hydrogens is 258 g/mol. The largest absolute Gasteiger partial charge is 0.314 e. The SMILES string of the molecule is CCCNC1CCC(C)(c2c(Cl)cnn2CCC)C1. The van der Waals surface area contributed by atoms with Gasteiger partial charge in [-0.05, 0) is 38.6 Å². The van der Waals surface area contributed by atoms with Gasteiger partial charge >= 0.3 is 0 Å². The third-order valence-corrected chi connectivity index (χ3v) is 4.50. The minimum atomic E-state index is 0.175. The van der Waals surface area contributed by atoms with E-state index in [0.29, 0.717) is 6.04 Å². The zero-order chi connectivity index (χ0) is 13.9. The second kappa shape index (κ2) is 6.27. The Hall–Kier alpha value is -0.540. The number of hydrogen-bond acceptors (Lipinski definition) is 2. The van der Waals surface area contributed by atoms with Gasteiger partial charge in [-0.15, -0.1) is 0 Å². The third kappa shape index (κ3) is 3.14. The summed E-state index contributed by atoms with van der Waals surface area (Å²) in [6.07, 6.45) is 7.71. The third-order valence-electron chi connectivity index (χ3n) is 4.23. The van der Waals surface area contributed by atoms with Crippen molar-refractivity contribution in [3.05, 3.63) is 16.9 Å². The van der Waals surface area contributed by atoms with Crippen molar-refractivity contribution in [2.24, 2.45) is 0 Å². The van der Waals surface area contributed by atoms with Gasteiger partial charge in [0, 0.05) is 18.0 Å². The molecule has 1 aromatic heterocycles. The molecule has 2 rings (SSSR count). The Morgan fingerprint density at radius 1 is 1.47 bits per heavy atom. The molecule has 1 aliphatic carbocycles. The predicted octanol–water partition coefficient (Wildman–Crippen LogP) is 3.76. The fourth-order valence-corrected chi connectivity index (χ4v) is 3.69. The van der Waals surface area contributed by atoms with Crippen LogP contribution in [0.5, 0.6) is 0 Å². The Morgan fingerprint density at radius 3 is 2.95 bits per heavy atom. The van der Waals surface area contributed by atoms with Crippen LogP contribution in [0.2, 0.25) is 5.02 Å². The molecule has 2 unspecified atom stereocenters. The van der Waals surface area contributed by atoms with Crippen molar-refractivity contribution in [2.75, 3.05) is 6.54 Å². The van der Waals surface area contributed by atoms with E-state index >= 15 is 0 Å². The zero-order valence-corrected chi connectivity index (χ0v) is 13.1. The fraction of sp³-hybridized carbons (Fsp3) is 0.800. The molecule has 1 aromatic rings. The smallest absolute Gasteiger partial charge is 0.0823 e. The first kappa shape index (κ1) is 14.9. The Kier molecular flexibility index (Phi) is 4.91. The maximum Gasteiger partial charge on any atom is 0.0823 e. The summed E-state index contributed by atoms with van der Waals surface area (Å²) in [7, 11) is 0. The van der Waals surface area contributed by atoms with E-state index < -0.39 is 0 Å². The van der Waals surface area contributed by atoms with Gasteiger partial charge in [-0.25, -0.2) is 0 Å². The van der Waals surface area contributed by atoms with E-state index in [1.807, 2.05) is 6.20 Å². The zero-order valence-electron chi connectivity index (χ0n) is 12.4. The van der Waals surface area contributed by atoms with Crippen LogP contribution in [0.4, 0.5) is 0 Å². The average Bonchev–Trinajstić information content (AvgIpc) is 2.92. The molecule has 1 heterocycles. The molecule has 0 bridgehead atoms. The number of aromatic nitrogens is 2. The highest BCUT2D eigenvalue weighted by Gasteiger charge is 2.40. The number of hydrogen-bond donors (Lipinski definition) is 1. The normalized spacial score (nSPS) is 27.1. The molecule has 0 aliphatic heterocycles. The van der Waals surface area contributed by atoms with Gasteiger partial charge in [-0.3, -0.25) is 4.68 Å². The standard InChI is InChI=1S/C15H26ClN3/c1-4-8-17-12-6-7-15(3,10-12)14-13(16)11-18-19(14)9-5-2/h11-12,17H,4-10H2,1-3H3. The molecule has 2 atom stereocenters. The van der Waals surface area contributed by atoms with E-state index in [0.717, 1.165) is 24.5 Å². The fourth-order valence-electron chi connectivity index (χ4n) is 3.32. The summed E-state index contributed by atoms with van der Waals surface area (Å²) in [5, 5.41) is 8.93. The summed E-state index contributed by atoms with van der Waals surface area (Å²) >= 11 is 6.40. The molecule has 4 heteroatoms. The lowest BCUT2D eigenvalue weighted by Crippen LogP contribution is -2.30. The van der Waals surface area contributed by atoms with Gasteiger partial charge in [0.1, 0.15) is 0 Å². The van der Waals surface area contributed by atoms with Gasteiger partial charge in [-0.1, -0.05) is 32.4 Å². The molecule has 0 saturated heterocycles. The van der Waals surface area contributed by atoms with Crippen molar-refractivity contribution in [2.45, 2.75) is 70.9 Å². The van der Waals surface area contributed by atoms with E-state index in [9.17, 15) is 0 Å². The number of nitrogens with zero attached hydrogens (tertiary/aromatic N) is 2. The van der Waals surface area contributed by atoms with Gasteiger partial charge in [0.2, 0.25) is 0 Å². The van der Waals surface area contributed by atoms with Crippen LogP contribution in [0.25, 0.3) is 0 Å². The Labute approximate surface area is 121 Å². The number of halogens is 1. The van der Waals surface area contributed by atoms with Gasteiger partial charge < -0.3 is 5.32 Å². The van der Waals surface area contributed by atoms with E-state index in [2.05, 4.69) is 35.9 Å². The number of aryl methyl sites for hydroxylation is 1. The Morgan fingerprint density at radius 2 is 2.26 bits per heavy atom. The van der Waals surface area contributed by atoms with Gasteiger partial charge in [0.05, 0.1) is 16.9 Å². The molecule has 1 N–H and O–H groups in total. The van der Waals surface area contributed by atoms with E-state index in [1.54, 1.807) is 0 Å². The molecule has 3 nitrogen and oxygen atoms in total. The summed E-state index contributed by atoms with van der Waals surface area (Å²) in [4.78, 5) is 0. The average molecular weight is 284 g/mol. The second-order valence-corrected chi connectivity index (χ2v) is 6.43. The summed E-state index contributed by atoms with van der Waals surface area (Å²) in [6, 6.07) is 0.631. The maximum absolute atomic E-state index is 6.40. The molecule has 0 aromatic carbocycles. The van der Waals surface area contributed by atoms with Gasteiger partial charge in [0.15, 0.2) is 0 Å². The molecule has 108 valence electrons. The van der Waals surface area contributed by atoms with Crippen LogP contribution in [-0.2, 0) is 12.0 Å². The lowest BCUT2D eigenvalue weighted by Gasteiger charge is -2.26. The summed E-state index contributed by atoms with van der Waals surface area (Å²) in [6.45, 7) is 8.82. The van der Waals surface area contributed by atoms with E-state index in [-0.39, 0.29) is 5.41 Å². The molecule has 0 spiro atoms. The monoisotopic (exact) mass is 283 g/mol. The lowest BCUT2D eigenvalue weighted by molar-refractivity contribution is 0.409. The Bertz CT molecular complexity index is 416. The molecule has 1 saturated carbocycles. The molecular formula is C15H26ClN3. The second-order valence-electron chi connectivity index (χ2n) is 6.02. The highest BCUT2D eigenvalue weighted by Crippen LogP contribution is 2.43. The molecule has 0 amide bonds. The maximum atomic E-state index is 6.40. The lowest BCUT2D eigenvalue weighted by atomic mass is 9.84. The first-order valence-corrected chi connectivity index (χ1v) is 7.93. The number of rotatable bonds is 6. The first-order valence-electron chi connectivity index (χ1n) is 7.56. The van der Waals surface area contributed by atoms with E-state index in [4.69, 9.17) is 11.6 Å². The summed E-state index contributed by atoms with van der Waals surface area (Å²) < 4.78 is 2.12.